The average Bonchev–Trinajstić information content (AvgIpc) is 2.94. The Morgan fingerprint density at radius 2 is 2.00 bits per heavy atom. The fourth-order valence-electron chi connectivity index (χ4n) is 2.33. The Morgan fingerprint density at radius 1 is 1.27 bits per heavy atom. The van der Waals surface area contributed by atoms with Gasteiger partial charge in [-0.25, -0.2) is 4.98 Å². The van der Waals surface area contributed by atoms with Crippen LogP contribution in [0.5, 0.6) is 0 Å². The smallest absolute Gasteiger partial charge is 0.283 e. The molecule has 0 N–H and O–H groups in total. The van der Waals surface area contributed by atoms with Crippen LogP contribution in [0.4, 0.5) is 5.69 Å². The predicted molar refractivity (Wildman–Crippen MR) is 89.2 cm³/mol. The van der Waals surface area contributed by atoms with Crippen molar-refractivity contribution in [2.75, 3.05) is 24.5 Å². The van der Waals surface area contributed by atoms with Gasteiger partial charge in [0.1, 0.15) is 11.1 Å². The maximum atomic E-state index is 12.3. The van der Waals surface area contributed by atoms with E-state index in [9.17, 15) is 9.59 Å². The molecule has 1 aliphatic rings. The molecule has 0 radical (unpaired) electrons. The molecule has 2 heterocycles. The van der Waals surface area contributed by atoms with Crippen LogP contribution < -0.4 is 4.90 Å². The van der Waals surface area contributed by atoms with Gasteiger partial charge in [0.15, 0.2) is 5.01 Å². The van der Waals surface area contributed by atoms with Gasteiger partial charge in [0, 0.05) is 24.2 Å². The Balaban J connectivity index is 1.71. The second-order valence-electron chi connectivity index (χ2n) is 5.08. The molecule has 3 rings (SSSR count). The molecule has 0 bridgehead atoms. The Kier molecular flexibility index (Phi) is 4.26. The molecule has 7 heteroatoms. The summed E-state index contributed by atoms with van der Waals surface area (Å²) in [4.78, 5) is 32.1. The number of hydrogen-bond donors (Lipinski definition) is 0. The van der Waals surface area contributed by atoms with Crippen LogP contribution in [0.15, 0.2) is 34.2 Å². The van der Waals surface area contributed by atoms with E-state index in [1.54, 1.807) is 15.2 Å². The quantitative estimate of drug-likeness (QED) is 0.805. The molecule has 22 heavy (non-hydrogen) atoms. The zero-order valence-corrected chi connectivity index (χ0v) is 14.4. The van der Waals surface area contributed by atoms with Gasteiger partial charge >= 0.3 is 0 Å². The first-order valence-corrected chi connectivity index (χ1v) is 8.49. The van der Waals surface area contributed by atoms with Crippen molar-refractivity contribution in [3.05, 3.63) is 44.8 Å². The van der Waals surface area contributed by atoms with Crippen LogP contribution in [0, 0.1) is 6.92 Å². The van der Waals surface area contributed by atoms with E-state index >= 15 is 0 Å². The number of anilines is 1. The summed E-state index contributed by atoms with van der Waals surface area (Å²) in [5.41, 5.74) is 2.03. The van der Waals surface area contributed by atoms with E-state index in [1.807, 2.05) is 31.2 Å². The number of aromatic nitrogens is 1. The van der Waals surface area contributed by atoms with Crippen LogP contribution in [0.2, 0.25) is 0 Å². The van der Waals surface area contributed by atoms with Crippen molar-refractivity contribution >= 4 is 44.8 Å². The number of amides is 2. The van der Waals surface area contributed by atoms with Gasteiger partial charge in [-0.3, -0.25) is 9.59 Å². The van der Waals surface area contributed by atoms with Crippen LogP contribution in [0.1, 0.15) is 15.4 Å². The monoisotopic (exact) mass is 379 g/mol. The molecule has 0 unspecified atom stereocenters. The number of aryl methyl sites for hydroxylation is 1. The number of rotatable bonds is 2. The number of thiazole rings is 1. The minimum Gasteiger partial charge on any atom is -0.325 e. The predicted octanol–water partition coefficient (Wildman–Crippen LogP) is 2.70. The normalized spacial score (nSPS) is 15.3. The first kappa shape index (κ1) is 15.2. The van der Waals surface area contributed by atoms with Crippen molar-refractivity contribution in [3.63, 3.8) is 0 Å². The van der Waals surface area contributed by atoms with Gasteiger partial charge in [0.25, 0.3) is 5.91 Å². The van der Waals surface area contributed by atoms with Crippen molar-refractivity contribution < 1.29 is 9.59 Å². The number of halogens is 1. The Hall–Kier alpha value is -1.73. The number of carbonyl (C=O) groups is 2. The van der Waals surface area contributed by atoms with Crippen LogP contribution in [-0.4, -0.2) is 41.3 Å². The molecular formula is C15H14BrN3O2S. The molecule has 0 spiro atoms. The molecule has 2 amide bonds. The largest absolute Gasteiger partial charge is 0.325 e. The lowest BCUT2D eigenvalue weighted by atomic mass is 10.2. The second kappa shape index (κ2) is 6.18. The zero-order valence-electron chi connectivity index (χ0n) is 12.0. The number of hydrogen-bond acceptors (Lipinski definition) is 4. The fraction of sp³-hybridized carbons (Fsp3) is 0.267. The molecule has 1 aromatic heterocycles. The molecule has 1 aliphatic heterocycles. The highest BCUT2D eigenvalue weighted by molar-refractivity contribution is 9.10. The van der Waals surface area contributed by atoms with E-state index in [0.717, 1.165) is 11.3 Å². The topological polar surface area (TPSA) is 53.5 Å². The lowest BCUT2D eigenvalue weighted by Gasteiger charge is -2.34. The average molecular weight is 380 g/mol. The summed E-state index contributed by atoms with van der Waals surface area (Å²) in [6.45, 7) is 3.11. The van der Waals surface area contributed by atoms with Gasteiger partial charge < -0.3 is 9.80 Å². The molecule has 2 aromatic rings. The highest BCUT2D eigenvalue weighted by Gasteiger charge is 2.29. The van der Waals surface area contributed by atoms with E-state index in [0.29, 0.717) is 22.7 Å². The molecule has 114 valence electrons. The molecular weight excluding hydrogens is 366 g/mol. The number of carbonyl (C=O) groups excluding carboxylic acids is 2. The van der Waals surface area contributed by atoms with E-state index in [1.165, 1.54) is 11.3 Å². The molecule has 1 fully saturated rings. The lowest BCUT2D eigenvalue weighted by molar-refractivity contribution is -0.120. The minimum atomic E-state index is -0.187. The van der Waals surface area contributed by atoms with Crippen molar-refractivity contribution in [1.82, 2.24) is 9.88 Å². The summed E-state index contributed by atoms with van der Waals surface area (Å²) in [6.07, 6.45) is 0. The van der Waals surface area contributed by atoms with Gasteiger partial charge in [-0.15, -0.1) is 11.3 Å². The lowest BCUT2D eigenvalue weighted by Crippen LogP contribution is -2.52. The third-order valence-electron chi connectivity index (χ3n) is 3.51. The Labute approximate surface area is 140 Å². The highest BCUT2D eigenvalue weighted by Crippen LogP contribution is 2.21. The van der Waals surface area contributed by atoms with E-state index in [2.05, 4.69) is 20.9 Å². The molecule has 1 saturated heterocycles. The summed E-state index contributed by atoms with van der Waals surface area (Å²) >= 11 is 4.51. The standard InChI is InChI=1S/C15H14BrN3O2S/c1-10-2-4-11(5-3-10)19-7-6-18(8-13(19)20)15(21)14-17-12(16)9-22-14/h2-5,9H,6-8H2,1H3. The van der Waals surface area contributed by atoms with Crippen molar-refractivity contribution in [2.45, 2.75) is 6.92 Å². The molecule has 0 saturated carbocycles. The maximum Gasteiger partial charge on any atom is 0.283 e. The van der Waals surface area contributed by atoms with Gasteiger partial charge in [0.05, 0.1) is 0 Å². The van der Waals surface area contributed by atoms with E-state index in [4.69, 9.17) is 0 Å². The van der Waals surface area contributed by atoms with Gasteiger partial charge in [-0.1, -0.05) is 17.7 Å². The second-order valence-corrected chi connectivity index (χ2v) is 6.75. The van der Waals surface area contributed by atoms with Gasteiger partial charge in [0.2, 0.25) is 5.91 Å². The van der Waals surface area contributed by atoms with Crippen LogP contribution in [0.3, 0.4) is 0 Å². The third-order valence-corrected chi connectivity index (χ3v) is 5.05. The summed E-state index contributed by atoms with van der Waals surface area (Å²) in [5, 5.41) is 2.17. The van der Waals surface area contributed by atoms with Crippen molar-refractivity contribution in [3.8, 4) is 0 Å². The minimum absolute atomic E-state index is 0.0703. The Morgan fingerprint density at radius 3 is 2.59 bits per heavy atom. The van der Waals surface area contributed by atoms with Crippen molar-refractivity contribution in [2.24, 2.45) is 0 Å². The van der Waals surface area contributed by atoms with Crippen molar-refractivity contribution in [1.29, 1.82) is 0 Å². The summed E-state index contributed by atoms with van der Waals surface area (Å²) < 4.78 is 0.644. The highest BCUT2D eigenvalue weighted by atomic mass is 79.9. The Bertz CT molecular complexity index is 714. The zero-order chi connectivity index (χ0) is 15.7. The fourth-order valence-corrected chi connectivity index (χ4v) is 3.55. The van der Waals surface area contributed by atoms with Crippen LogP contribution >= 0.6 is 27.3 Å². The number of nitrogens with zero attached hydrogens (tertiary/aromatic N) is 3. The summed E-state index contributed by atoms with van der Waals surface area (Å²) in [7, 11) is 0. The summed E-state index contributed by atoms with van der Waals surface area (Å²) in [6, 6.07) is 7.83. The van der Waals surface area contributed by atoms with Gasteiger partial charge in [-0.2, -0.15) is 0 Å². The molecule has 1 aromatic carbocycles. The van der Waals surface area contributed by atoms with E-state index < -0.39 is 0 Å². The SMILES string of the molecule is Cc1ccc(N2CCN(C(=O)c3nc(Br)cs3)CC2=O)cc1. The summed E-state index contributed by atoms with van der Waals surface area (Å²) in [5.74, 6) is -0.258. The van der Waals surface area contributed by atoms with Crippen LogP contribution in [-0.2, 0) is 4.79 Å². The number of piperazine rings is 1. The number of benzene rings is 1. The van der Waals surface area contributed by atoms with Gasteiger partial charge in [-0.05, 0) is 35.0 Å². The van der Waals surface area contributed by atoms with Crippen LogP contribution in [0.25, 0.3) is 0 Å². The maximum absolute atomic E-state index is 12.3. The third kappa shape index (κ3) is 3.05. The molecule has 5 nitrogen and oxygen atoms in total. The first-order valence-electron chi connectivity index (χ1n) is 6.82. The molecule has 0 aliphatic carbocycles. The molecule has 0 atom stereocenters. The first-order chi connectivity index (χ1) is 10.5. The van der Waals surface area contributed by atoms with E-state index in [-0.39, 0.29) is 18.4 Å².